The second kappa shape index (κ2) is 13.6. The Hall–Kier alpha value is -4.20. The van der Waals surface area contributed by atoms with Crippen LogP contribution in [0.1, 0.15) is 79.1 Å². The van der Waals surface area contributed by atoms with Gasteiger partial charge in [0.1, 0.15) is 34.4 Å². The molecule has 2 aromatic carbocycles. The lowest BCUT2D eigenvalue weighted by Gasteiger charge is -2.31. The van der Waals surface area contributed by atoms with Gasteiger partial charge in [0.15, 0.2) is 11.6 Å². The van der Waals surface area contributed by atoms with Crippen LogP contribution >= 0.6 is 0 Å². The van der Waals surface area contributed by atoms with Crippen molar-refractivity contribution in [2.45, 2.75) is 79.1 Å². The molecule has 0 unspecified atom stereocenters. The molecule has 0 aromatic heterocycles. The van der Waals surface area contributed by atoms with Gasteiger partial charge in [0, 0.05) is 25.7 Å². The van der Waals surface area contributed by atoms with E-state index >= 15 is 0 Å². The topological polar surface area (TPSA) is 118 Å². The van der Waals surface area contributed by atoms with Crippen LogP contribution in [-0.4, -0.2) is 47.4 Å². The maximum Gasteiger partial charge on any atom is 0.168 e. The van der Waals surface area contributed by atoms with Crippen molar-refractivity contribution in [3.63, 3.8) is 0 Å². The molecule has 2 aromatic rings. The van der Waals surface area contributed by atoms with Crippen molar-refractivity contribution in [2.24, 2.45) is 20.8 Å². The second-order valence-corrected chi connectivity index (χ2v) is 13.2. The Bertz CT molecular complexity index is 1430. The third-order valence-electron chi connectivity index (χ3n) is 8.04. The summed E-state index contributed by atoms with van der Waals surface area (Å²) in [6.07, 6.45) is 3.21. The standard InChI is InChI=1S/C36H44N2O6/c1-35(2)19-25(37-23-13-7-11-17-31(23)43-5)33(29(41)21-35)27(39)15-9-10-16-28(40)34-26(20-36(3,4)22-30(34)42)38-24-14-8-12-18-32(24)44-6/h7-8,11-14,17-18,39-40H,9-10,15-16,19-22H2,1-6H3. The van der Waals surface area contributed by atoms with E-state index in [1.807, 2.05) is 76.2 Å². The molecule has 8 nitrogen and oxygen atoms in total. The molecule has 0 atom stereocenters. The molecule has 234 valence electrons. The van der Waals surface area contributed by atoms with Crippen molar-refractivity contribution < 1.29 is 29.3 Å². The lowest BCUT2D eigenvalue weighted by atomic mass is 9.73. The molecule has 2 N–H and O–H groups in total. The van der Waals surface area contributed by atoms with Crippen LogP contribution in [0.25, 0.3) is 0 Å². The van der Waals surface area contributed by atoms with Crippen LogP contribution in [0, 0.1) is 10.8 Å². The van der Waals surface area contributed by atoms with Crippen molar-refractivity contribution in [1.82, 2.24) is 0 Å². The number of carbonyl (C=O) groups excluding carboxylic acids is 2. The number of benzene rings is 2. The highest BCUT2D eigenvalue weighted by Crippen LogP contribution is 2.40. The van der Waals surface area contributed by atoms with E-state index in [4.69, 9.17) is 19.5 Å². The van der Waals surface area contributed by atoms with Gasteiger partial charge in [-0.3, -0.25) is 9.59 Å². The summed E-state index contributed by atoms with van der Waals surface area (Å²) in [6, 6.07) is 14.7. The SMILES string of the molecule is COc1ccccc1N=C1CC(C)(C)CC(=O)C1=C(O)CCCCC(O)=C1C(=O)CC(C)(C)CC1=Nc1ccccc1OC. The molecule has 8 heteroatoms. The minimum Gasteiger partial charge on any atom is -0.511 e. The molecule has 2 aliphatic rings. The van der Waals surface area contributed by atoms with Gasteiger partial charge in [0.25, 0.3) is 0 Å². The number of rotatable bonds is 9. The maximum absolute atomic E-state index is 13.2. The lowest BCUT2D eigenvalue weighted by Crippen LogP contribution is -2.32. The fourth-order valence-electron chi connectivity index (χ4n) is 5.99. The number of para-hydroxylation sites is 4. The number of carbonyl (C=O) groups is 2. The van der Waals surface area contributed by atoms with Gasteiger partial charge in [0.05, 0.1) is 36.8 Å². The van der Waals surface area contributed by atoms with Gasteiger partial charge in [-0.05, 0) is 60.8 Å². The number of aliphatic hydroxyl groups excluding tert-OH is 2. The van der Waals surface area contributed by atoms with Gasteiger partial charge in [0.2, 0.25) is 0 Å². The van der Waals surface area contributed by atoms with E-state index in [1.54, 1.807) is 14.2 Å². The summed E-state index contributed by atoms with van der Waals surface area (Å²) in [5, 5.41) is 22.3. The van der Waals surface area contributed by atoms with Crippen LogP contribution in [-0.2, 0) is 9.59 Å². The Morgan fingerprint density at radius 3 is 1.39 bits per heavy atom. The number of Topliss-reactive ketones (excluding diaryl/α,β-unsaturated/α-hetero) is 2. The number of unbranched alkanes of at least 4 members (excludes halogenated alkanes) is 1. The van der Waals surface area contributed by atoms with E-state index in [0.29, 0.717) is 72.8 Å². The van der Waals surface area contributed by atoms with E-state index in [-0.39, 0.29) is 57.9 Å². The number of nitrogens with zero attached hydrogens (tertiary/aromatic N) is 2. The molecule has 2 saturated carbocycles. The highest BCUT2D eigenvalue weighted by molar-refractivity contribution is 6.26. The quantitative estimate of drug-likeness (QED) is 0.169. The fraction of sp³-hybridized carbons (Fsp3) is 0.444. The molecule has 0 aliphatic heterocycles. The summed E-state index contributed by atoms with van der Waals surface area (Å²) in [5.41, 5.74) is 2.26. The molecule has 0 spiro atoms. The molecule has 0 radical (unpaired) electrons. The van der Waals surface area contributed by atoms with Crippen molar-refractivity contribution in [1.29, 1.82) is 0 Å². The predicted octanol–water partition coefficient (Wildman–Crippen LogP) is 8.51. The average molecular weight is 601 g/mol. The molecular weight excluding hydrogens is 556 g/mol. The summed E-state index contributed by atoms with van der Waals surface area (Å²) in [7, 11) is 3.14. The summed E-state index contributed by atoms with van der Waals surface area (Å²) in [5.74, 6) is 0.912. The Morgan fingerprint density at radius 2 is 1.02 bits per heavy atom. The Labute approximate surface area is 260 Å². The lowest BCUT2D eigenvalue weighted by molar-refractivity contribution is -0.118. The van der Waals surface area contributed by atoms with Gasteiger partial charge in [-0.15, -0.1) is 0 Å². The fourth-order valence-corrected chi connectivity index (χ4v) is 5.99. The zero-order valence-electron chi connectivity index (χ0n) is 26.7. The number of hydrogen-bond acceptors (Lipinski definition) is 8. The van der Waals surface area contributed by atoms with E-state index in [0.717, 1.165) is 0 Å². The molecule has 0 saturated heterocycles. The number of aliphatic hydroxyl groups is 2. The minimum absolute atomic E-state index is 0.000192. The first kappa shape index (κ1) is 32.7. The Balaban J connectivity index is 1.55. The maximum atomic E-state index is 13.2. The highest BCUT2D eigenvalue weighted by atomic mass is 16.5. The molecule has 0 amide bonds. The highest BCUT2D eigenvalue weighted by Gasteiger charge is 2.37. The zero-order valence-corrected chi connectivity index (χ0v) is 26.7. The van der Waals surface area contributed by atoms with Crippen LogP contribution in [0.2, 0.25) is 0 Å². The van der Waals surface area contributed by atoms with Crippen molar-refractivity contribution >= 4 is 34.4 Å². The molecule has 2 aliphatic carbocycles. The number of hydrogen-bond donors (Lipinski definition) is 2. The van der Waals surface area contributed by atoms with Crippen molar-refractivity contribution in [3.8, 4) is 11.5 Å². The molecule has 0 heterocycles. The van der Waals surface area contributed by atoms with Crippen LogP contribution in [0.4, 0.5) is 11.4 Å². The smallest absolute Gasteiger partial charge is 0.168 e. The summed E-state index contributed by atoms with van der Waals surface area (Å²) >= 11 is 0. The largest absolute Gasteiger partial charge is 0.511 e. The van der Waals surface area contributed by atoms with E-state index < -0.39 is 0 Å². The van der Waals surface area contributed by atoms with Crippen molar-refractivity contribution in [2.75, 3.05) is 14.2 Å². The molecular formula is C36H44N2O6. The third kappa shape index (κ3) is 7.84. The van der Waals surface area contributed by atoms with Crippen molar-refractivity contribution in [3.05, 3.63) is 71.2 Å². The monoisotopic (exact) mass is 600 g/mol. The minimum atomic E-state index is -0.288. The van der Waals surface area contributed by atoms with E-state index in [2.05, 4.69) is 0 Å². The third-order valence-corrected chi connectivity index (χ3v) is 8.04. The van der Waals surface area contributed by atoms with Gasteiger partial charge in [-0.2, -0.15) is 0 Å². The van der Waals surface area contributed by atoms with E-state index in [1.165, 1.54) is 0 Å². The zero-order chi connectivity index (χ0) is 32.1. The summed E-state index contributed by atoms with van der Waals surface area (Å²) in [4.78, 5) is 36.0. The number of ketones is 2. The normalized spacial score (nSPS) is 22.2. The number of methoxy groups -OCH3 is 2. The summed E-state index contributed by atoms with van der Waals surface area (Å²) < 4.78 is 10.9. The van der Waals surface area contributed by atoms with Crippen LogP contribution in [0.5, 0.6) is 11.5 Å². The Morgan fingerprint density at radius 1 is 0.659 bits per heavy atom. The van der Waals surface area contributed by atoms with Gasteiger partial charge in [-0.1, -0.05) is 52.0 Å². The second-order valence-electron chi connectivity index (χ2n) is 13.2. The van der Waals surface area contributed by atoms with Crippen LogP contribution in [0.3, 0.4) is 0 Å². The van der Waals surface area contributed by atoms with Gasteiger partial charge < -0.3 is 19.7 Å². The number of aliphatic imine (C=N–C) groups is 2. The van der Waals surface area contributed by atoms with Gasteiger partial charge >= 0.3 is 0 Å². The molecule has 2 fully saturated rings. The molecule has 0 bridgehead atoms. The molecule has 4 rings (SSSR count). The first-order valence-corrected chi connectivity index (χ1v) is 15.2. The Kier molecular flexibility index (Phi) is 10.1. The predicted molar refractivity (Wildman–Crippen MR) is 174 cm³/mol. The number of allylic oxidation sites excluding steroid dienone is 4. The summed E-state index contributed by atoms with van der Waals surface area (Å²) in [6.45, 7) is 8.08. The van der Waals surface area contributed by atoms with E-state index in [9.17, 15) is 19.8 Å². The van der Waals surface area contributed by atoms with Crippen LogP contribution in [0.15, 0.2) is 81.2 Å². The number of ether oxygens (including phenoxy) is 2. The van der Waals surface area contributed by atoms with Gasteiger partial charge in [-0.25, -0.2) is 9.98 Å². The van der Waals surface area contributed by atoms with Crippen LogP contribution < -0.4 is 9.47 Å². The average Bonchev–Trinajstić information content (AvgIpc) is 2.94. The first-order chi connectivity index (χ1) is 20.8. The molecule has 44 heavy (non-hydrogen) atoms. The first-order valence-electron chi connectivity index (χ1n) is 15.2.